The molecular formula is C16H25ClN2O3. The van der Waals surface area contributed by atoms with E-state index in [1.165, 1.54) is 0 Å². The fourth-order valence-electron chi connectivity index (χ4n) is 2.79. The molecule has 0 radical (unpaired) electrons. The Morgan fingerprint density at radius 1 is 1.27 bits per heavy atom. The number of rotatable bonds is 5. The molecule has 22 heavy (non-hydrogen) atoms. The number of benzene rings is 1. The first-order valence-corrected chi connectivity index (χ1v) is 7.38. The highest BCUT2D eigenvalue weighted by Crippen LogP contribution is 2.28. The van der Waals surface area contributed by atoms with Crippen LogP contribution in [0.15, 0.2) is 18.2 Å². The molecule has 0 aliphatic heterocycles. The first-order chi connectivity index (χ1) is 10.1. The maximum Gasteiger partial charge on any atom is 0.223 e. The number of carbonyl (C=O) groups is 1. The molecule has 124 valence electrons. The van der Waals surface area contributed by atoms with Gasteiger partial charge in [0.25, 0.3) is 0 Å². The Labute approximate surface area is 138 Å². The molecule has 1 amide bonds. The van der Waals surface area contributed by atoms with Crippen molar-refractivity contribution in [3.05, 3.63) is 23.8 Å². The predicted molar refractivity (Wildman–Crippen MR) is 88.6 cm³/mol. The first-order valence-electron chi connectivity index (χ1n) is 7.38. The number of methoxy groups -OCH3 is 2. The Morgan fingerprint density at radius 3 is 2.64 bits per heavy atom. The summed E-state index contributed by atoms with van der Waals surface area (Å²) >= 11 is 0. The van der Waals surface area contributed by atoms with Crippen molar-refractivity contribution in [2.75, 3.05) is 14.2 Å². The Bertz CT molecular complexity index is 496. The number of carbonyl (C=O) groups excluding carboxylic acids is 1. The summed E-state index contributed by atoms with van der Waals surface area (Å²) in [6.07, 6.45) is 3.79. The number of ether oxygens (including phenoxy) is 2. The van der Waals surface area contributed by atoms with Crippen LogP contribution in [0.4, 0.5) is 0 Å². The molecule has 1 aromatic carbocycles. The molecule has 2 unspecified atom stereocenters. The summed E-state index contributed by atoms with van der Waals surface area (Å²) in [5, 5.41) is 2.99. The Morgan fingerprint density at radius 2 is 2.00 bits per heavy atom. The van der Waals surface area contributed by atoms with Crippen molar-refractivity contribution < 1.29 is 14.3 Å². The van der Waals surface area contributed by atoms with E-state index in [2.05, 4.69) is 5.32 Å². The molecule has 0 spiro atoms. The van der Waals surface area contributed by atoms with Gasteiger partial charge in [-0.1, -0.05) is 12.5 Å². The third kappa shape index (κ3) is 4.78. The van der Waals surface area contributed by atoms with Crippen LogP contribution in [0.5, 0.6) is 11.5 Å². The van der Waals surface area contributed by atoms with Gasteiger partial charge in [0.2, 0.25) is 5.91 Å². The van der Waals surface area contributed by atoms with Crippen LogP contribution in [0.2, 0.25) is 0 Å². The highest BCUT2D eigenvalue weighted by atomic mass is 35.5. The molecule has 1 aliphatic rings. The number of hydrogen-bond donors (Lipinski definition) is 2. The minimum Gasteiger partial charge on any atom is -0.493 e. The summed E-state index contributed by atoms with van der Waals surface area (Å²) in [6.45, 7) is 0.491. The van der Waals surface area contributed by atoms with Gasteiger partial charge in [-0.2, -0.15) is 0 Å². The van der Waals surface area contributed by atoms with Crippen molar-refractivity contribution in [3.8, 4) is 11.5 Å². The SMILES string of the molecule is COc1ccc(CNC(=O)C2CCCC(N)C2)cc1OC.Cl. The quantitative estimate of drug-likeness (QED) is 0.869. The summed E-state index contributed by atoms with van der Waals surface area (Å²) in [7, 11) is 3.20. The standard InChI is InChI=1S/C16H24N2O3.ClH/c1-20-14-7-6-11(8-15(14)21-2)10-18-16(19)12-4-3-5-13(17)9-12;/h6-8,12-13H,3-5,9-10,17H2,1-2H3,(H,18,19);1H. The van der Waals surface area contributed by atoms with Gasteiger partial charge in [0.15, 0.2) is 11.5 Å². The molecule has 1 aromatic rings. The molecule has 1 aliphatic carbocycles. The lowest BCUT2D eigenvalue weighted by Gasteiger charge is -2.25. The maximum absolute atomic E-state index is 12.2. The number of amides is 1. The fraction of sp³-hybridized carbons (Fsp3) is 0.562. The van der Waals surface area contributed by atoms with Crippen LogP contribution < -0.4 is 20.5 Å². The van der Waals surface area contributed by atoms with Crippen molar-refractivity contribution in [2.45, 2.75) is 38.3 Å². The second-order valence-corrected chi connectivity index (χ2v) is 5.53. The number of halogens is 1. The number of nitrogens with one attached hydrogen (secondary N) is 1. The predicted octanol–water partition coefficient (Wildman–Crippen LogP) is 2.26. The topological polar surface area (TPSA) is 73.6 Å². The lowest BCUT2D eigenvalue weighted by Crippen LogP contribution is -2.37. The van der Waals surface area contributed by atoms with E-state index in [0.29, 0.717) is 18.0 Å². The van der Waals surface area contributed by atoms with E-state index < -0.39 is 0 Å². The monoisotopic (exact) mass is 328 g/mol. The van der Waals surface area contributed by atoms with E-state index in [-0.39, 0.29) is 30.3 Å². The normalized spacial score (nSPS) is 20.7. The largest absolute Gasteiger partial charge is 0.493 e. The van der Waals surface area contributed by atoms with Crippen molar-refractivity contribution in [2.24, 2.45) is 11.7 Å². The van der Waals surface area contributed by atoms with Gasteiger partial charge in [-0.15, -0.1) is 12.4 Å². The van der Waals surface area contributed by atoms with Crippen molar-refractivity contribution >= 4 is 18.3 Å². The minimum absolute atomic E-state index is 0. The van der Waals surface area contributed by atoms with Crippen LogP contribution >= 0.6 is 12.4 Å². The zero-order valence-electron chi connectivity index (χ0n) is 13.1. The second kappa shape index (κ2) is 8.86. The molecule has 0 bridgehead atoms. The van der Waals surface area contributed by atoms with Crippen LogP contribution in [-0.4, -0.2) is 26.2 Å². The van der Waals surface area contributed by atoms with Crippen LogP contribution in [0.3, 0.4) is 0 Å². The van der Waals surface area contributed by atoms with Gasteiger partial charge in [-0.25, -0.2) is 0 Å². The van der Waals surface area contributed by atoms with Gasteiger partial charge in [0.1, 0.15) is 0 Å². The zero-order chi connectivity index (χ0) is 15.2. The third-order valence-electron chi connectivity index (χ3n) is 4.00. The maximum atomic E-state index is 12.2. The van der Waals surface area contributed by atoms with Gasteiger partial charge < -0.3 is 20.5 Å². The average Bonchev–Trinajstić information content (AvgIpc) is 2.52. The minimum atomic E-state index is 0. The van der Waals surface area contributed by atoms with Gasteiger partial charge in [0.05, 0.1) is 14.2 Å². The summed E-state index contributed by atoms with van der Waals surface area (Å²) in [6, 6.07) is 5.81. The van der Waals surface area contributed by atoms with Crippen LogP contribution in [0.1, 0.15) is 31.2 Å². The van der Waals surface area contributed by atoms with E-state index in [1.54, 1.807) is 14.2 Å². The molecule has 2 atom stereocenters. The lowest BCUT2D eigenvalue weighted by atomic mass is 9.85. The van der Waals surface area contributed by atoms with Gasteiger partial charge in [-0.3, -0.25) is 4.79 Å². The molecule has 1 fully saturated rings. The van der Waals surface area contributed by atoms with E-state index >= 15 is 0 Å². The summed E-state index contributed by atoms with van der Waals surface area (Å²) in [4.78, 5) is 12.2. The van der Waals surface area contributed by atoms with Crippen molar-refractivity contribution in [3.63, 3.8) is 0 Å². The highest BCUT2D eigenvalue weighted by molar-refractivity contribution is 5.85. The smallest absolute Gasteiger partial charge is 0.223 e. The number of hydrogen-bond acceptors (Lipinski definition) is 4. The summed E-state index contributed by atoms with van der Waals surface area (Å²) < 4.78 is 10.5. The molecular weight excluding hydrogens is 304 g/mol. The Hall–Kier alpha value is -1.46. The van der Waals surface area contributed by atoms with Gasteiger partial charge >= 0.3 is 0 Å². The molecule has 0 aromatic heterocycles. The van der Waals surface area contributed by atoms with Crippen molar-refractivity contribution in [1.29, 1.82) is 0 Å². The van der Waals surface area contributed by atoms with Gasteiger partial charge in [0, 0.05) is 18.5 Å². The third-order valence-corrected chi connectivity index (χ3v) is 4.00. The lowest BCUT2D eigenvalue weighted by molar-refractivity contribution is -0.126. The van der Waals surface area contributed by atoms with E-state index in [9.17, 15) is 4.79 Å². The molecule has 0 saturated heterocycles. The summed E-state index contributed by atoms with van der Waals surface area (Å²) in [5.41, 5.74) is 6.92. The Kier molecular flexibility index (Phi) is 7.48. The molecule has 0 heterocycles. The highest BCUT2D eigenvalue weighted by Gasteiger charge is 2.24. The zero-order valence-corrected chi connectivity index (χ0v) is 13.9. The van der Waals surface area contributed by atoms with Crippen LogP contribution in [0.25, 0.3) is 0 Å². The first kappa shape index (κ1) is 18.6. The molecule has 5 nitrogen and oxygen atoms in total. The van der Waals surface area contributed by atoms with Crippen molar-refractivity contribution in [1.82, 2.24) is 5.32 Å². The summed E-state index contributed by atoms with van der Waals surface area (Å²) in [5.74, 6) is 1.50. The average molecular weight is 329 g/mol. The second-order valence-electron chi connectivity index (χ2n) is 5.53. The molecule has 1 saturated carbocycles. The molecule has 2 rings (SSSR count). The molecule has 6 heteroatoms. The van der Waals surface area contributed by atoms with Gasteiger partial charge in [-0.05, 0) is 37.0 Å². The molecule has 3 N–H and O–H groups in total. The van der Waals surface area contributed by atoms with Crippen LogP contribution in [0, 0.1) is 5.92 Å². The number of nitrogens with two attached hydrogens (primary N) is 1. The van der Waals surface area contributed by atoms with E-state index in [1.807, 2.05) is 18.2 Å². The Balaban J connectivity index is 0.00000242. The van der Waals surface area contributed by atoms with E-state index in [4.69, 9.17) is 15.2 Å². The van der Waals surface area contributed by atoms with Crippen LogP contribution in [-0.2, 0) is 11.3 Å². The van der Waals surface area contributed by atoms with E-state index in [0.717, 1.165) is 31.2 Å². The fourth-order valence-corrected chi connectivity index (χ4v) is 2.79.